The van der Waals surface area contributed by atoms with Gasteiger partial charge in [-0.15, -0.1) is 0 Å². The Morgan fingerprint density at radius 3 is 2.54 bits per heavy atom. The zero-order chi connectivity index (χ0) is 17.1. The summed E-state index contributed by atoms with van der Waals surface area (Å²) in [6, 6.07) is 9.43. The van der Waals surface area contributed by atoms with E-state index in [1.165, 1.54) is 0 Å². The fourth-order valence-electron chi connectivity index (χ4n) is 3.28. The predicted molar refractivity (Wildman–Crippen MR) is 97.6 cm³/mol. The van der Waals surface area contributed by atoms with Crippen molar-refractivity contribution in [1.82, 2.24) is 19.9 Å². The number of furan rings is 2. The summed E-state index contributed by atoms with van der Waals surface area (Å²) in [5, 5.41) is 1.90. The van der Waals surface area contributed by atoms with Gasteiger partial charge in [0.25, 0.3) is 0 Å². The summed E-state index contributed by atoms with van der Waals surface area (Å²) in [5.41, 5.74) is 6.12. The first-order valence-corrected chi connectivity index (χ1v) is 8.13. The number of aromatic nitrogens is 4. The van der Waals surface area contributed by atoms with Gasteiger partial charge in [0.1, 0.15) is 22.2 Å². The van der Waals surface area contributed by atoms with Gasteiger partial charge in [-0.1, -0.05) is 0 Å². The van der Waals surface area contributed by atoms with Crippen LogP contribution in [0.25, 0.3) is 55.4 Å². The zero-order valence-corrected chi connectivity index (χ0v) is 13.4. The quantitative estimate of drug-likeness (QED) is 0.431. The highest BCUT2D eigenvalue weighted by Gasteiger charge is 2.13. The second-order valence-corrected chi connectivity index (χ2v) is 6.06. The third-order valence-corrected chi connectivity index (χ3v) is 4.52. The van der Waals surface area contributed by atoms with E-state index in [1.807, 2.05) is 36.5 Å². The Morgan fingerprint density at radius 2 is 1.54 bits per heavy atom. The van der Waals surface area contributed by atoms with E-state index in [0.29, 0.717) is 5.58 Å². The van der Waals surface area contributed by atoms with Crippen LogP contribution in [0.15, 0.2) is 70.2 Å². The van der Waals surface area contributed by atoms with E-state index in [0.717, 1.165) is 49.8 Å². The van der Waals surface area contributed by atoms with Gasteiger partial charge in [-0.25, -0.2) is 4.98 Å². The highest BCUT2D eigenvalue weighted by atomic mass is 16.3. The van der Waals surface area contributed by atoms with Crippen molar-refractivity contribution in [3.8, 4) is 11.3 Å². The number of hydrogen-bond donors (Lipinski definition) is 0. The molecule has 0 bridgehead atoms. The summed E-state index contributed by atoms with van der Waals surface area (Å²) in [6.07, 6.45) is 8.83. The van der Waals surface area contributed by atoms with Crippen molar-refractivity contribution >= 4 is 44.1 Å². The molecule has 0 saturated carbocycles. The van der Waals surface area contributed by atoms with Crippen molar-refractivity contribution in [3.05, 3.63) is 61.3 Å². The number of hydrogen-bond acceptors (Lipinski definition) is 6. The van der Waals surface area contributed by atoms with E-state index in [9.17, 15) is 0 Å². The van der Waals surface area contributed by atoms with Crippen molar-refractivity contribution in [2.75, 3.05) is 0 Å². The Bertz CT molecular complexity index is 1340. The van der Waals surface area contributed by atoms with E-state index >= 15 is 0 Å². The second kappa shape index (κ2) is 4.86. The molecule has 6 aromatic heterocycles. The van der Waals surface area contributed by atoms with Crippen LogP contribution in [0.5, 0.6) is 0 Å². The molecular formula is C20H10N4O2. The Hall–Kier alpha value is -3.80. The first kappa shape index (κ1) is 13.5. The Labute approximate surface area is 146 Å². The van der Waals surface area contributed by atoms with Crippen molar-refractivity contribution < 1.29 is 8.83 Å². The first-order valence-electron chi connectivity index (χ1n) is 8.13. The lowest BCUT2D eigenvalue weighted by Gasteiger charge is -2.00. The minimum absolute atomic E-state index is 0.687. The van der Waals surface area contributed by atoms with Gasteiger partial charge in [0.15, 0.2) is 11.2 Å². The van der Waals surface area contributed by atoms with Crippen LogP contribution in [0.4, 0.5) is 0 Å². The second-order valence-electron chi connectivity index (χ2n) is 6.06. The lowest BCUT2D eigenvalue weighted by atomic mass is 10.1. The number of rotatable bonds is 1. The van der Waals surface area contributed by atoms with Gasteiger partial charge in [0.05, 0.1) is 5.69 Å². The standard InChI is InChI=1S/C20H10N4O2/c1-2-16-19(22-4-1)20-18(26-16)6-11(8-24-20)14-7-17-13(10-23-14)12-9-21-5-3-15(12)25-17/h1-10H. The fourth-order valence-corrected chi connectivity index (χ4v) is 3.28. The molecule has 6 nitrogen and oxygen atoms in total. The summed E-state index contributed by atoms with van der Waals surface area (Å²) in [7, 11) is 0. The lowest BCUT2D eigenvalue weighted by molar-refractivity contribution is 0.666. The third-order valence-electron chi connectivity index (χ3n) is 4.52. The maximum Gasteiger partial charge on any atom is 0.156 e. The molecule has 0 N–H and O–H groups in total. The highest BCUT2D eigenvalue weighted by molar-refractivity contribution is 6.05. The van der Waals surface area contributed by atoms with Crippen LogP contribution in [-0.4, -0.2) is 19.9 Å². The van der Waals surface area contributed by atoms with E-state index in [1.54, 1.807) is 24.8 Å². The van der Waals surface area contributed by atoms with Gasteiger partial charge in [-0.05, 0) is 24.3 Å². The number of nitrogens with zero attached hydrogens (tertiary/aromatic N) is 4. The molecule has 122 valence electrons. The minimum atomic E-state index is 0.687. The zero-order valence-electron chi connectivity index (χ0n) is 13.4. The molecule has 6 heteroatoms. The topological polar surface area (TPSA) is 77.8 Å². The van der Waals surface area contributed by atoms with E-state index < -0.39 is 0 Å². The predicted octanol–water partition coefficient (Wildman–Crippen LogP) is 4.73. The molecule has 6 heterocycles. The smallest absolute Gasteiger partial charge is 0.156 e. The van der Waals surface area contributed by atoms with E-state index in [-0.39, 0.29) is 0 Å². The molecule has 0 fully saturated rings. The normalized spacial score (nSPS) is 11.8. The van der Waals surface area contributed by atoms with Gasteiger partial charge in [-0.3, -0.25) is 15.0 Å². The molecule has 0 spiro atoms. The molecule has 6 aromatic rings. The Balaban J connectivity index is 1.57. The average molecular weight is 338 g/mol. The van der Waals surface area contributed by atoms with Crippen LogP contribution in [0.2, 0.25) is 0 Å². The van der Waals surface area contributed by atoms with Gasteiger partial charge in [-0.2, -0.15) is 0 Å². The molecule has 0 saturated heterocycles. The van der Waals surface area contributed by atoms with Crippen LogP contribution in [0.1, 0.15) is 0 Å². The van der Waals surface area contributed by atoms with Crippen molar-refractivity contribution in [2.45, 2.75) is 0 Å². The number of fused-ring (bicyclic) bond motifs is 6. The minimum Gasteiger partial charge on any atom is -0.456 e. The average Bonchev–Trinajstić information content (AvgIpc) is 3.24. The largest absolute Gasteiger partial charge is 0.456 e. The van der Waals surface area contributed by atoms with Gasteiger partial charge in [0, 0.05) is 53.4 Å². The Kier molecular flexibility index (Phi) is 2.52. The van der Waals surface area contributed by atoms with Gasteiger partial charge in [0.2, 0.25) is 0 Å². The summed E-state index contributed by atoms with van der Waals surface area (Å²) in [6.45, 7) is 0. The third kappa shape index (κ3) is 1.81. The SMILES string of the molecule is c1cnc2c(c1)oc1cc(-c3cc4oc5ccncc5c4cn3)cnc12. The van der Waals surface area contributed by atoms with Crippen molar-refractivity contribution in [3.63, 3.8) is 0 Å². The molecule has 26 heavy (non-hydrogen) atoms. The molecule has 0 aliphatic carbocycles. The summed E-state index contributed by atoms with van der Waals surface area (Å²) >= 11 is 0. The fraction of sp³-hybridized carbons (Fsp3) is 0. The molecule has 0 unspecified atom stereocenters. The van der Waals surface area contributed by atoms with Crippen molar-refractivity contribution in [2.24, 2.45) is 0 Å². The first-order chi connectivity index (χ1) is 12.9. The molecular weight excluding hydrogens is 328 g/mol. The Morgan fingerprint density at radius 1 is 0.654 bits per heavy atom. The van der Waals surface area contributed by atoms with Crippen molar-refractivity contribution in [1.29, 1.82) is 0 Å². The summed E-state index contributed by atoms with van der Waals surface area (Å²) in [4.78, 5) is 17.6. The monoisotopic (exact) mass is 338 g/mol. The lowest BCUT2D eigenvalue weighted by Crippen LogP contribution is -1.85. The maximum atomic E-state index is 5.92. The van der Waals surface area contributed by atoms with Crippen LogP contribution in [0.3, 0.4) is 0 Å². The molecule has 0 atom stereocenters. The van der Waals surface area contributed by atoms with Crippen LogP contribution < -0.4 is 0 Å². The molecule has 0 radical (unpaired) electrons. The van der Waals surface area contributed by atoms with Gasteiger partial charge >= 0.3 is 0 Å². The maximum absolute atomic E-state index is 5.92. The molecule has 0 aromatic carbocycles. The van der Waals surface area contributed by atoms with Crippen LogP contribution in [-0.2, 0) is 0 Å². The van der Waals surface area contributed by atoms with E-state index in [4.69, 9.17) is 8.83 Å². The molecule has 0 aliphatic heterocycles. The van der Waals surface area contributed by atoms with Crippen LogP contribution >= 0.6 is 0 Å². The van der Waals surface area contributed by atoms with Crippen LogP contribution in [0, 0.1) is 0 Å². The number of pyridine rings is 4. The molecule has 0 aliphatic rings. The van der Waals surface area contributed by atoms with Gasteiger partial charge < -0.3 is 8.83 Å². The summed E-state index contributed by atoms with van der Waals surface area (Å²) in [5.74, 6) is 0. The highest BCUT2D eigenvalue weighted by Crippen LogP contribution is 2.32. The van der Waals surface area contributed by atoms with E-state index in [2.05, 4.69) is 19.9 Å². The molecule has 0 amide bonds. The molecule has 6 rings (SSSR count). The summed E-state index contributed by atoms with van der Waals surface area (Å²) < 4.78 is 11.8.